The molecule has 1 saturated heterocycles. The van der Waals surface area contributed by atoms with Crippen LogP contribution in [0.25, 0.3) is 0 Å². The Balaban J connectivity index is 1.38. The second-order valence-electron chi connectivity index (χ2n) is 8.22. The number of aldehydes is 1. The number of hydrazine groups is 2. The van der Waals surface area contributed by atoms with Gasteiger partial charge < -0.3 is 15.9 Å². The number of aliphatic imine (C=N–C) groups is 1. The number of carbonyl (C=O) groups is 5. The Hall–Kier alpha value is -3.95. The number of carboxylic acids is 1. The van der Waals surface area contributed by atoms with Crippen LogP contribution >= 0.6 is 34.9 Å². The number of β-lactam (4-membered cyclic amide) rings is 1. The zero-order valence-electron chi connectivity index (χ0n) is 20.0. The molecule has 4 aliphatic rings. The minimum absolute atomic E-state index is 0.0249. The Bertz CT molecular complexity index is 1440. The minimum Gasteiger partial charge on any atom is -0.477 e. The highest BCUT2D eigenvalue weighted by atomic mass is 32.2. The number of nitrogen functional groups attached to an aromatic ring is 1. The molecule has 0 bridgehead atoms. The van der Waals surface area contributed by atoms with E-state index in [1.54, 1.807) is 0 Å². The Morgan fingerprint density at radius 2 is 2.15 bits per heavy atom. The van der Waals surface area contributed by atoms with Crippen molar-refractivity contribution < 1.29 is 39.4 Å². The molecule has 0 aromatic carbocycles. The van der Waals surface area contributed by atoms with E-state index in [2.05, 4.69) is 15.5 Å². The number of fused-ring (bicyclic) bond motifs is 2. The van der Waals surface area contributed by atoms with Crippen molar-refractivity contribution in [3.8, 4) is 0 Å². The summed E-state index contributed by atoms with van der Waals surface area (Å²) in [7, 11) is 0. The van der Waals surface area contributed by atoms with Crippen molar-refractivity contribution in [1.82, 2.24) is 30.9 Å². The number of carbonyl (C=O) groups excluding carboxylic acids is 4. The third-order valence-electron chi connectivity index (χ3n) is 5.92. The van der Waals surface area contributed by atoms with Gasteiger partial charge in [0, 0.05) is 16.9 Å². The molecule has 0 radical (unpaired) electrons. The Labute approximate surface area is 236 Å². The molecule has 0 spiro atoms. The molecule has 4 amide bonds. The fourth-order valence-corrected chi connectivity index (χ4v) is 7.31. The van der Waals surface area contributed by atoms with Crippen molar-refractivity contribution >= 4 is 81.6 Å². The van der Waals surface area contributed by atoms with Crippen LogP contribution in [0.15, 0.2) is 44.8 Å². The van der Waals surface area contributed by atoms with Crippen LogP contribution in [0.2, 0.25) is 0 Å². The first kappa shape index (κ1) is 27.6. The number of anilines is 2. The predicted molar refractivity (Wildman–Crippen MR) is 142 cm³/mol. The van der Waals surface area contributed by atoms with Crippen molar-refractivity contribution in [3.63, 3.8) is 0 Å². The second-order valence-corrected chi connectivity index (χ2v) is 11.2. The lowest BCUT2D eigenvalue weighted by Crippen LogP contribution is -2.72. The third-order valence-corrected chi connectivity index (χ3v) is 8.99. The molecule has 1 aromatic heterocycles. The van der Waals surface area contributed by atoms with Gasteiger partial charge in [-0.3, -0.25) is 29.4 Å². The molecular weight excluding hydrogens is 590 g/mol. The summed E-state index contributed by atoms with van der Waals surface area (Å²) < 4.78 is 0. The summed E-state index contributed by atoms with van der Waals surface area (Å²) in [6.45, 7) is -0.410. The van der Waals surface area contributed by atoms with Crippen LogP contribution in [0.3, 0.4) is 0 Å². The Morgan fingerprint density at radius 1 is 1.38 bits per heavy atom. The number of aliphatic carboxylic acids is 1. The van der Waals surface area contributed by atoms with Gasteiger partial charge in [-0.05, 0) is 11.6 Å². The van der Waals surface area contributed by atoms with E-state index in [-0.39, 0.29) is 46.0 Å². The first-order valence-electron chi connectivity index (χ1n) is 11.1. The van der Waals surface area contributed by atoms with E-state index in [1.165, 1.54) is 39.9 Å². The smallest absolute Gasteiger partial charge is 0.361 e. The molecule has 1 aromatic rings. The second kappa shape index (κ2) is 10.9. The van der Waals surface area contributed by atoms with Gasteiger partial charge in [0.05, 0.1) is 23.5 Å². The van der Waals surface area contributed by atoms with E-state index in [4.69, 9.17) is 10.9 Å². The van der Waals surface area contributed by atoms with Gasteiger partial charge in [-0.15, -0.1) is 40.4 Å². The van der Waals surface area contributed by atoms with Crippen molar-refractivity contribution in [2.45, 2.75) is 11.4 Å². The number of rotatable bonds is 8. The lowest BCUT2D eigenvalue weighted by Gasteiger charge is -2.52. The van der Waals surface area contributed by atoms with Gasteiger partial charge in [0.2, 0.25) is 6.29 Å². The number of aliphatic hydroxyl groups is 1. The molecule has 40 heavy (non-hydrogen) atoms. The van der Waals surface area contributed by atoms with Crippen molar-refractivity contribution in [2.24, 2.45) is 4.99 Å². The van der Waals surface area contributed by atoms with E-state index in [9.17, 15) is 34.2 Å². The predicted octanol–water partition coefficient (Wildman–Crippen LogP) is -1.16. The number of hydrogen-bond acceptors (Lipinski definition) is 15. The zero-order valence-corrected chi connectivity index (χ0v) is 22.4. The molecule has 5 heterocycles. The molecule has 0 aliphatic carbocycles. The zero-order chi connectivity index (χ0) is 28.7. The fourth-order valence-electron chi connectivity index (χ4n) is 4.21. The van der Waals surface area contributed by atoms with Crippen LogP contribution in [-0.2, 0) is 19.2 Å². The number of thioether (sulfide) groups is 2. The third kappa shape index (κ3) is 4.69. The van der Waals surface area contributed by atoms with Gasteiger partial charge in [-0.2, -0.15) is 0 Å². The monoisotopic (exact) mass is 609 g/mol. The fraction of sp³-hybridized carbons (Fsp3) is 0.250. The first-order chi connectivity index (χ1) is 19.2. The SMILES string of the molecule is Nc1nc(N(C(=O)C=O)[C@@H]2C(=O)N3C(C(=O)O)=C(CSC4=CC(CO)=NC5=CN(C(=O)NO)NN54)CS[C@H]23)cs1. The van der Waals surface area contributed by atoms with E-state index < -0.39 is 41.8 Å². The van der Waals surface area contributed by atoms with E-state index in [0.29, 0.717) is 10.6 Å². The molecule has 0 unspecified atom stereocenters. The highest BCUT2D eigenvalue weighted by molar-refractivity contribution is 8.03. The number of carboxylic acid groups (broad SMARTS) is 1. The number of urea groups is 1. The quantitative estimate of drug-likeness (QED) is 0.0671. The van der Waals surface area contributed by atoms with Crippen LogP contribution in [0.1, 0.15) is 0 Å². The number of amides is 4. The van der Waals surface area contributed by atoms with Gasteiger partial charge >= 0.3 is 12.0 Å². The molecule has 4 aliphatic heterocycles. The van der Waals surface area contributed by atoms with Crippen molar-refractivity contribution in [3.05, 3.63) is 39.8 Å². The van der Waals surface area contributed by atoms with Gasteiger partial charge in [0.25, 0.3) is 11.8 Å². The van der Waals surface area contributed by atoms with Crippen LogP contribution in [-0.4, -0.2) is 101 Å². The lowest BCUT2D eigenvalue weighted by atomic mass is 10.0. The maximum Gasteiger partial charge on any atom is 0.361 e. The van der Waals surface area contributed by atoms with E-state index in [1.807, 2.05) is 0 Å². The maximum absolute atomic E-state index is 13.3. The molecule has 0 saturated carbocycles. The van der Waals surface area contributed by atoms with Gasteiger partial charge in [-0.25, -0.2) is 35.1 Å². The van der Waals surface area contributed by atoms with Gasteiger partial charge in [0.1, 0.15) is 22.9 Å². The molecular formula is C20H19N9O8S3. The number of thiazole rings is 1. The number of aromatic nitrogens is 1. The lowest BCUT2D eigenvalue weighted by molar-refractivity contribution is -0.149. The van der Waals surface area contributed by atoms with Crippen LogP contribution in [0.4, 0.5) is 15.7 Å². The summed E-state index contributed by atoms with van der Waals surface area (Å²) in [6.07, 6.45) is 2.86. The topological polar surface area (TPSA) is 234 Å². The standard InChI is InChI=1S/C20H19N9O8S3/c21-19-23-11(7-40-19)27(12(32)4-31)15-16(33)28-14(18(34)35)8(6-39-17(15)28)5-38-13-1-9(3-30)22-10-2-26(20(36)24-37)25-29(10)13/h1-2,4,7,15,17,25,30,37H,3,5-6H2,(H2,21,23)(H,24,36)(H,34,35)/t15-,17-/m1/s1. The summed E-state index contributed by atoms with van der Waals surface area (Å²) in [5, 5.41) is 32.1. The molecule has 7 N–H and O–H groups in total. The number of hydrogen-bond donors (Lipinski definition) is 6. The summed E-state index contributed by atoms with van der Waals surface area (Å²) >= 11 is 3.39. The maximum atomic E-state index is 13.3. The number of hydroxylamine groups is 1. The minimum atomic E-state index is -1.35. The number of nitrogens with zero attached hydrogens (tertiary/aromatic N) is 6. The number of aliphatic hydroxyl groups excluding tert-OH is 1. The highest BCUT2D eigenvalue weighted by Gasteiger charge is 2.57. The van der Waals surface area contributed by atoms with Gasteiger partial charge in [-0.1, -0.05) is 0 Å². The van der Waals surface area contributed by atoms with Crippen molar-refractivity contribution in [1.29, 1.82) is 0 Å². The number of nitrogens with one attached hydrogen (secondary N) is 2. The van der Waals surface area contributed by atoms with Gasteiger partial charge in [0.15, 0.2) is 11.0 Å². The van der Waals surface area contributed by atoms with Crippen LogP contribution in [0.5, 0.6) is 0 Å². The molecule has 2 atom stereocenters. The Kier molecular flexibility index (Phi) is 7.53. The first-order valence-corrected chi connectivity index (χ1v) is 14.0. The molecule has 5 rings (SSSR count). The summed E-state index contributed by atoms with van der Waals surface area (Å²) in [6, 6.07) is -2.05. The molecule has 1 fully saturated rings. The average molecular weight is 610 g/mol. The molecule has 17 nitrogen and oxygen atoms in total. The molecule has 20 heteroatoms. The van der Waals surface area contributed by atoms with Crippen LogP contribution in [0, 0.1) is 0 Å². The summed E-state index contributed by atoms with van der Waals surface area (Å²) in [4.78, 5) is 71.4. The highest BCUT2D eigenvalue weighted by Crippen LogP contribution is 2.45. The summed E-state index contributed by atoms with van der Waals surface area (Å²) in [5.74, 6) is -2.52. The normalized spacial score (nSPS) is 21.6. The largest absolute Gasteiger partial charge is 0.477 e. The van der Waals surface area contributed by atoms with Crippen molar-refractivity contribution in [2.75, 3.05) is 28.7 Å². The van der Waals surface area contributed by atoms with Crippen LogP contribution < -0.4 is 21.6 Å². The van der Waals surface area contributed by atoms with E-state index >= 15 is 0 Å². The summed E-state index contributed by atoms with van der Waals surface area (Å²) in [5.41, 5.74) is 10.3. The Morgan fingerprint density at radius 3 is 2.77 bits per heavy atom. The average Bonchev–Trinajstić information content (AvgIpc) is 3.58. The molecule has 210 valence electrons. The van der Waals surface area contributed by atoms with E-state index in [0.717, 1.165) is 37.9 Å². The number of nitrogens with two attached hydrogens (primary N) is 1.